The zero-order valence-electron chi connectivity index (χ0n) is 19.0. The van der Waals surface area contributed by atoms with Crippen molar-refractivity contribution in [3.8, 4) is 16.9 Å². The number of aryl methyl sites for hydroxylation is 1. The third-order valence-electron chi connectivity index (χ3n) is 5.68. The predicted molar refractivity (Wildman–Crippen MR) is 130 cm³/mol. The van der Waals surface area contributed by atoms with Crippen LogP contribution >= 0.6 is 0 Å². The Kier molecular flexibility index (Phi) is 7.05. The van der Waals surface area contributed by atoms with Crippen molar-refractivity contribution in [3.05, 3.63) is 84.3 Å². The topological polar surface area (TPSA) is 76.4 Å². The van der Waals surface area contributed by atoms with Crippen LogP contribution in [-0.4, -0.2) is 39.8 Å². The van der Waals surface area contributed by atoms with Crippen molar-refractivity contribution >= 4 is 16.8 Å². The van der Waals surface area contributed by atoms with Gasteiger partial charge >= 0.3 is 0 Å². The summed E-state index contributed by atoms with van der Waals surface area (Å²) in [5.41, 5.74) is 4.45. The lowest BCUT2D eigenvalue weighted by Crippen LogP contribution is -2.39. The zero-order valence-corrected chi connectivity index (χ0v) is 19.0. The van der Waals surface area contributed by atoms with Crippen LogP contribution in [0, 0.1) is 0 Å². The fraction of sp³-hybridized carbons (Fsp3) is 0.259. The van der Waals surface area contributed by atoms with Gasteiger partial charge in [-0.1, -0.05) is 37.3 Å². The van der Waals surface area contributed by atoms with Crippen LogP contribution in [-0.2, 0) is 13.5 Å². The molecule has 2 N–H and O–H groups in total. The summed E-state index contributed by atoms with van der Waals surface area (Å²) >= 11 is 0. The second kappa shape index (κ2) is 10.3. The lowest BCUT2D eigenvalue weighted by atomic mass is 10.0. The molecule has 0 spiro atoms. The Morgan fingerprint density at radius 3 is 2.76 bits per heavy atom. The Hall–Kier alpha value is -3.64. The summed E-state index contributed by atoms with van der Waals surface area (Å²) in [6, 6.07) is 17.1. The van der Waals surface area contributed by atoms with Gasteiger partial charge in [-0.3, -0.25) is 9.78 Å². The van der Waals surface area contributed by atoms with E-state index in [2.05, 4.69) is 33.2 Å². The molecule has 1 amide bonds. The zero-order chi connectivity index (χ0) is 23.2. The number of amides is 1. The number of hydrogen-bond donors (Lipinski definition) is 2. The number of ether oxygens (including phenoxy) is 1. The molecule has 6 heteroatoms. The maximum absolute atomic E-state index is 13.3. The number of aromatic nitrogens is 2. The molecule has 4 rings (SSSR count). The molecule has 2 aromatic carbocycles. The highest BCUT2D eigenvalue weighted by molar-refractivity contribution is 5.98. The Bertz CT molecular complexity index is 1230. The minimum Gasteiger partial charge on any atom is -0.493 e. The molecule has 1 atom stereocenters. The molecule has 0 bridgehead atoms. The number of nitrogens with one attached hydrogen (secondary N) is 1. The Balaban J connectivity index is 1.59. The number of para-hydroxylation sites is 1. The summed E-state index contributed by atoms with van der Waals surface area (Å²) in [6.07, 6.45) is 6.90. The maximum atomic E-state index is 13.3. The lowest BCUT2D eigenvalue weighted by Gasteiger charge is -2.18. The van der Waals surface area contributed by atoms with Crippen molar-refractivity contribution in [2.45, 2.75) is 25.8 Å². The largest absolute Gasteiger partial charge is 0.493 e. The van der Waals surface area contributed by atoms with Gasteiger partial charge in [-0.05, 0) is 48.2 Å². The van der Waals surface area contributed by atoms with Crippen molar-refractivity contribution in [1.29, 1.82) is 0 Å². The van der Waals surface area contributed by atoms with Crippen LogP contribution in [0.1, 0.15) is 29.3 Å². The third-order valence-corrected chi connectivity index (χ3v) is 5.68. The fourth-order valence-corrected chi connectivity index (χ4v) is 4.04. The van der Waals surface area contributed by atoms with Gasteiger partial charge < -0.3 is 19.7 Å². The van der Waals surface area contributed by atoms with Gasteiger partial charge in [-0.25, -0.2) is 0 Å². The van der Waals surface area contributed by atoms with Crippen LogP contribution in [0.2, 0.25) is 0 Å². The minimum absolute atomic E-state index is 0.164. The van der Waals surface area contributed by atoms with E-state index in [0.717, 1.165) is 34.0 Å². The standard InChI is InChI=1S/C27H29N3O3/c1-3-13-33-26-11-10-19(20-7-6-12-28-16-20)15-24(26)27(32)29-22(18-31)14-21-17-30(2)25-9-5-4-8-23(21)25/h4-12,15-17,22,31H,3,13-14,18H2,1-2H3,(H,29,32). The number of nitrogens with zero attached hydrogens (tertiary/aromatic N) is 2. The second-order valence-electron chi connectivity index (χ2n) is 8.14. The van der Waals surface area contributed by atoms with Crippen LogP contribution in [0.4, 0.5) is 0 Å². The van der Waals surface area contributed by atoms with Crippen LogP contribution in [0.5, 0.6) is 5.75 Å². The SMILES string of the molecule is CCCOc1ccc(-c2cccnc2)cc1C(=O)NC(CO)Cc1cn(C)c2ccccc12. The molecular weight excluding hydrogens is 414 g/mol. The van der Waals surface area contributed by atoms with E-state index in [4.69, 9.17) is 4.74 Å². The molecule has 170 valence electrons. The van der Waals surface area contributed by atoms with Gasteiger partial charge in [0.2, 0.25) is 0 Å². The highest BCUT2D eigenvalue weighted by Gasteiger charge is 2.20. The average Bonchev–Trinajstić information content (AvgIpc) is 3.17. The summed E-state index contributed by atoms with van der Waals surface area (Å²) in [5.74, 6) is 0.259. The van der Waals surface area contributed by atoms with Gasteiger partial charge in [0.15, 0.2) is 0 Å². The Labute approximate surface area is 193 Å². The number of fused-ring (bicyclic) bond motifs is 1. The monoisotopic (exact) mass is 443 g/mol. The molecule has 0 aliphatic carbocycles. The van der Waals surface area contributed by atoms with Gasteiger partial charge in [-0.2, -0.15) is 0 Å². The van der Waals surface area contributed by atoms with E-state index in [1.165, 1.54) is 0 Å². The molecule has 0 saturated carbocycles. The molecule has 2 heterocycles. The van der Waals surface area contributed by atoms with E-state index in [9.17, 15) is 9.90 Å². The van der Waals surface area contributed by atoms with Gasteiger partial charge in [0.25, 0.3) is 5.91 Å². The minimum atomic E-state index is -0.427. The van der Waals surface area contributed by atoms with E-state index in [-0.39, 0.29) is 12.5 Å². The summed E-state index contributed by atoms with van der Waals surface area (Å²) < 4.78 is 7.91. The molecule has 0 aliphatic heterocycles. The van der Waals surface area contributed by atoms with E-state index in [0.29, 0.717) is 24.3 Å². The highest BCUT2D eigenvalue weighted by Crippen LogP contribution is 2.27. The van der Waals surface area contributed by atoms with Gasteiger partial charge in [0, 0.05) is 42.1 Å². The molecule has 0 aliphatic rings. The summed E-state index contributed by atoms with van der Waals surface area (Å²) in [7, 11) is 2.00. The van der Waals surface area contributed by atoms with Crippen LogP contribution in [0.3, 0.4) is 0 Å². The van der Waals surface area contributed by atoms with Crippen molar-refractivity contribution in [2.75, 3.05) is 13.2 Å². The normalized spacial score (nSPS) is 12.0. The quantitative estimate of drug-likeness (QED) is 0.403. The second-order valence-corrected chi connectivity index (χ2v) is 8.14. The van der Waals surface area contributed by atoms with Crippen LogP contribution in [0.15, 0.2) is 73.2 Å². The molecule has 1 unspecified atom stereocenters. The smallest absolute Gasteiger partial charge is 0.255 e. The first-order valence-corrected chi connectivity index (χ1v) is 11.2. The number of carbonyl (C=O) groups is 1. The maximum Gasteiger partial charge on any atom is 0.255 e. The van der Waals surface area contributed by atoms with Gasteiger partial charge in [0.1, 0.15) is 5.75 Å². The average molecular weight is 444 g/mol. The molecule has 0 saturated heterocycles. The fourth-order valence-electron chi connectivity index (χ4n) is 4.04. The van der Waals surface area contributed by atoms with Gasteiger partial charge in [-0.15, -0.1) is 0 Å². The number of carbonyl (C=O) groups excluding carboxylic acids is 1. The summed E-state index contributed by atoms with van der Waals surface area (Å²) in [6.45, 7) is 2.38. The molecule has 0 radical (unpaired) electrons. The Morgan fingerprint density at radius 1 is 1.15 bits per heavy atom. The van der Waals surface area contributed by atoms with Crippen LogP contribution in [0.25, 0.3) is 22.0 Å². The number of aliphatic hydroxyl groups excluding tert-OH is 1. The van der Waals surface area contributed by atoms with E-state index in [1.54, 1.807) is 12.4 Å². The van der Waals surface area contributed by atoms with Crippen molar-refractivity contribution in [3.63, 3.8) is 0 Å². The lowest BCUT2D eigenvalue weighted by molar-refractivity contribution is 0.0912. The molecule has 4 aromatic rings. The first kappa shape index (κ1) is 22.6. The summed E-state index contributed by atoms with van der Waals surface area (Å²) in [4.78, 5) is 17.5. The first-order valence-electron chi connectivity index (χ1n) is 11.2. The third kappa shape index (κ3) is 5.07. The van der Waals surface area contributed by atoms with E-state index < -0.39 is 6.04 Å². The molecule has 6 nitrogen and oxygen atoms in total. The van der Waals surface area contributed by atoms with Crippen molar-refractivity contribution in [2.24, 2.45) is 7.05 Å². The number of rotatable bonds is 9. The number of hydrogen-bond acceptors (Lipinski definition) is 4. The summed E-state index contributed by atoms with van der Waals surface area (Å²) in [5, 5.41) is 14.2. The number of pyridine rings is 1. The molecule has 0 fully saturated rings. The van der Waals surface area contributed by atoms with Crippen LogP contribution < -0.4 is 10.1 Å². The van der Waals surface area contributed by atoms with Crippen molar-refractivity contribution in [1.82, 2.24) is 14.9 Å². The molecular formula is C27H29N3O3. The first-order chi connectivity index (χ1) is 16.1. The molecule has 33 heavy (non-hydrogen) atoms. The van der Waals surface area contributed by atoms with Crippen molar-refractivity contribution < 1.29 is 14.6 Å². The number of aliphatic hydroxyl groups is 1. The van der Waals surface area contributed by atoms with E-state index >= 15 is 0 Å². The predicted octanol–water partition coefficient (Wildman–Crippen LogP) is 4.36. The highest BCUT2D eigenvalue weighted by atomic mass is 16.5. The number of benzene rings is 2. The van der Waals surface area contributed by atoms with Gasteiger partial charge in [0.05, 0.1) is 24.8 Å². The Morgan fingerprint density at radius 2 is 2.00 bits per heavy atom. The molecule has 2 aromatic heterocycles. The van der Waals surface area contributed by atoms with E-state index in [1.807, 2.05) is 56.4 Å².